The Bertz CT molecular complexity index is 1560. The SMILES string of the molecule is Nc1n[nH]c2cc(-c3nc([C@H](Cc4ccccc4)NC(=O)CCc4cc(Cl)ccc4Cl)[nH]c3Cl)ccc12. The van der Waals surface area contributed by atoms with Gasteiger partial charge in [0.25, 0.3) is 0 Å². The van der Waals surface area contributed by atoms with Crippen molar-refractivity contribution in [3.63, 3.8) is 0 Å². The van der Waals surface area contributed by atoms with E-state index in [-0.39, 0.29) is 12.3 Å². The number of hydrogen-bond acceptors (Lipinski definition) is 4. The molecule has 188 valence electrons. The maximum absolute atomic E-state index is 13.0. The number of carbonyl (C=O) groups excluding carboxylic acids is 1. The van der Waals surface area contributed by atoms with Gasteiger partial charge in [-0.3, -0.25) is 9.89 Å². The number of aromatic amines is 2. The summed E-state index contributed by atoms with van der Waals surface area (Å²) >= 11 is 18.9. The summed E-state index contributed by atoms with van der Waals surface area (Å²) in [6.07, 6.45) is 1.23. The van der Waals surface area contributed by atoms with E-state index in [1.807, 2.05) is 48.5 Å². The van der Waals surface area contributed by atoms with Crippen molar-refractivity contribution in [2.75, 3.05) is 5.73 Å². The number of nitrogen functional groups attached to an aromatic ring is 1. The van der Waals surface area contributed by atoms with Crippen LogP contribution in [0.4, 0.5) is 5.82 Å². The zero-order valence-electron chi connectivity index (χ0n) is 19.6. The number of nitrogens with two attached hydrogens (primary N) is 1. The third kappa shape index (κ3) is 5.74. The third-order valence-electron chi connectivity index (χ3n) is 6.12. The van der Waals surface area contributed by atoms with Gasteiger partial charge in [0.15, 0.2) is 5.82 Å². The second-order valence-corrected chi connectivity index (χ2v) is 9.92. The smallest absolute Gasteiger partial charge is 0.220 e. The largest absolute Gasteiger partial charge is 0.382 e. The number of rotatable bonds is 8. The Labute approximate surface area is 228 Å². The predicted octanol–water partition coefficient (Wildman–Crippen LogP) is 6.53. The number of aromatic nitrogens is 4. The molecule has 10 heteroatoms. The molecule has 37 heavy (non-hydrogen) atoms. The van der Waals surface area contributed by atoms with Gasteiger partial charge in [-0.25, -0.2) is 4.98 Å². The first-order chi connectivity index (χ1) is 17.9. The van der Waals surface area contributed by atoms with E-state index in [9.17, 15) is 4.79 Å². The molecular weight excluding hydrogens is 531 g/mol. The normalized spacial score (nSPS) is 12.1. The summed E-state index contributed by atoms with van der Waals surface area (Å²) in [5.41, 5.74) is 9.91. The molecule has 5 N–H and O–H groups in total. The lowest BCUT2D eigenvalue weighted by atomic mass is 10.0. The van der Waals surface area contributed by atoms with Gasteiger partial charge in [-0.05, 0) is 54.3 Å². The molecule has 2 heterocycles. The number of fused-ring (bicyclic) bond motifs is 1. The fourth-order valence-corrected chi connectivity index (χ4v) is 4.88. The van der Waals surface area contributed by atoms with E-state index in [0.29, 0.717) is 45.4 Å². The Balaban J connectivity index is 1.39. The number of hydrogen-bond donors (Lipinski definition) is 4. The van der Waals surface area contributed by atoms with Crippen molar-refractivity contribution in [2.45, 2.75) is 25.3 Å². The Morgan fingerprint density at radius 2 is 1.84 bits per heavy atom. The summed E-state index contributed by atoms with van der Waals surface area (Å²) < 4.78 is 0. The van der Waals surface area contributed by atoms with Gasteiger partial charge < -0.3 is 16.0 Å². The quantitative estimate of drug-likeness (QED) is 0.175. The maximum Gasteiger partial charge on any atom is 0.220 e. The molecule has 3 aromatic carbocycles. The molecule has 7 nitrogen and oxygen atoms in total. The third-order valence-corrected chi connectivity index (χ3v) is 7.00. The molecule has 5 rings (SSSR count). The lowest BCUT2D eigenvalue weighted by molar-refractivity contribution is -0.121. The monoisotopic (exact) mass is 552 g/mol. The van der Waals surface area contributed by atoms with E-state index in [2.05, 4.69) is 20.5 Å². The van der Waals surface area contributed by atoms with Gasteiger partial charge in [-0.1, -0.05) is 71.2 Å². The molecular formula is C27H23Cl3N6O. The van der Waals surface area contributed by atoms with Crippen LogP contribution in [0.5, 0.6) is 0 Å². The van der Waals surface area contributed by atoms with E-state index >= 15 is 0 Å². The van der Waals surface area contributed by atoms with Crippen molar-refractivity contribution in [1.29, 1.82) is 0 Å². The molecule has 0 fully saturated rings. The lowest BCUT2D eigenvalue weighted by Gasteiger charge is -2.17. The molecule has 2 aromatic heterocycles. The number of imidazole rings is 1. The van der Waals surface area contributed by atoms with Gasteiger partial charge in [-0.15, -0.1) is 0 Å². The van der Waals surface area contributed by atoms with Gasteiger partial charge in [0.1, 0.15) is 16.7 Å². The van der Waals surface area contributed by atoms with Crippen LogP contribution in [0.2, 0.25) is 15.2 Å². The number of halogens is 3. The number of nitrogens with zero attached hydrogens (tertiary/aromatic N) is 2. The molecule has 0 aliphatic rings. The summed E-state index contributed by atoms with van der Waals surface area (Å²) in [4.78, 5) is 21.0. The molecule has 1 atom stereocenters. The number of H-pyrrole nitrogens is 2. The molecule has 0 aliphatic carbocycles. The number of anilines is 1. The Morgan fingerprint density at radius 3 is 2.65 bits per heavy atom. The summed E-state index contributed by atoms with van der Waals surface area (Å²) in [5, 5.41) is 12.4. The van der Waals surface area contributed by atoms with Crippen LogP contribution in [0.25, 0.3) is 22.2 Å². The highest BCUT2D eigenvalue weighted by Crippen LogP contribution is 2.31. The minimum Gasteiger partial charge on any atom is -0.382 e. The van der Waals surface area contributed by atoms with Crippen molar-refractivity contribution in [1.82, 2.24) is 25.5 Å². The van der Waals surface area contributed by atoms with Crippen molar-refractivity contribution < 1.29 is 4.79 Å². The van der Waals surface area contributed by atoms with E-state index in [4.69, 9.17) is 45.5 Å². The summed E-state index contributed by atoms with van der Waals surface area (Å²) in [6, 6.07) is 20.3. The van der Waals surface area contributed by atoms with E-state index in [1.54, 1.807) is 18.2 Å². The molecule has 0 aliphatic heterocycles. The fraction of sp³-hybridized carbons (Fsp3) is 0.148. The van der Waals surface area contributed by atoms with Crippen molar-refractivity contribution in [3.8, 4) is 11.3 Å². The van der Waals surface area contributed by atoms with E-state index in [1.165, 1.54) is 0 Å². The molecule has 0 radical (unpaired) electrons. The van der Waals surface area contributed by atoms with Gasteiger partial charge >= 0.3 is 0 Å². The highest BCUT2D eigenvalue weighted by atomic mass is 35.5. The van der Waals surface area contributed by atoms with Crippen molar-refractivity contribution >= 4 is 57.4 Å². The number of benzene rings is 3. The second-order valence-electron chi connectivity index (χ2n) is 8.70. The van der Waals surface area contributed by atoms with Crippen LogP contribution in [0, 0.1) is 0 Å². The molecule has 0 saturated heterocycles. The van der Waals surface area contributed by atoms with Crippen molar-refractivity contribution in [2.24, 2.45) is 0 Å². The molecule has 0 spiro atoms. The minimum absolute atomic E-state index is 0.139. The zero-order valence-corrected chi connectivity index (χ0v) is 21.8. The van der Waals surface area contributed by atoms with Gasteiger partial charge in [0.2, 0.25) is 5.91 Å². The van der Waals surface area contributed by atoms with Crippen LogP contribution in [-0.2, 0) is 17.6 Å². The summed E-state index contributed by atoms with van der Waals surface area (Å²) in [7, 11) is 0. The van der Waals surface area contributed by atoms with Crippen LogP contribution in [0.3, 0.4) is 0 Å². The molecule has 0 bridgehead atoms. The average molecular weight is 554 g/mol. The van der Waals surface area contributed by atoms with Crippen LogP contribution >= 0.6 is 34.8 Å². The first kappa shape index (κ1) is 25.1. The second kappa shape index (κ2) is 10.8. The minimum atomic E-state index is -0.428. The van der Waals surface area contributed by atoms with Gasteiger partial charge in [0, 0.05) is 27.4 Å². The van der Waals surface area contributed by atoms with Crippen molar-refractivity contribution in [3.05, 3.63) is 98.9 Å². The van der Waals surface area contributed by atoms with Crippen LogP contribution in [0.1, 0.15) is 29.4 Å². The Kier molecular flexibility index (Phi) is 7.37. The number of amides is 1. The topological polar surface area (TPSA) is 112 Å². The van der Waals surface area contributed by atoms with Crippen LogP contribution < -0.4 is 11.1 Å². The highest BCUT2D eigenvalue weighted by Gasteiger charge is 2.22. The maximum atomic E-state index is 13.0. The number of nitrogens with one attached hydrogen (secondary N) is 3. The average Bonchev–Trinajstić information content (AvgIpc) is 3.47. The van der Waals surface area contributed by atoms with Gasteiger partial charge in [0.05, 0.1) is 11.6 Å². The summed E-state index contributed by atoms with van der Waals surface area (Å²) in [6.45, 7) is 0. The molecule has 0 unspecified atom stereocenters. The highest BCUT2D eigenvalue weighted by molar-refractivity contribution is 6.33. The first-order valence-electron chi connectivity index (χ1n) is 11.6. The first-order valence-corrected chi connectivity index (χ1v) is 12.8. The van der Waals surface area contributed by atoms with E-state index < -0.39 is 6.04 Å². The van der Waals surface area contributed by atoms with Crippen LogP contribution in [-0.4, -0.2) is 26.1 Å². The number of carbonyl (C=O) groups is 1. The van der Waals surface area contributed by atoms with Crippen LogP contribution in [0.15, 0.2) is 66.7 Å². The fourth-order valence-electron chi connectivity index (χ4n) is 4.23. The Hall–Kier alpha value is -3.52. The van der Waals surface area contributed by atoms with E-state index in [0.717, 1.165) is 27.6 Å². The molecule has 1 amide bonds. The zero-order chi connectivity index (χ0) is 25.9. The summed E-state index contributed by atoms with van der Waals surface area (Å²) in [5.74, 6) is 0.850. The standard InChI is InChI=1S/C27H23Cl3N6O/c28-18-8-10-20(29)16(13-18)7-11-23(37)32-22(12-15-4-2-1-3-5-15)27-33-24(25(30)34-27)17-6-9-19-21(14-17)35-36-26(19)31/h1-6,8-10,13-14,22H,7,11-12H2,(H,32,37)(H,33,34)(H3,31,35,36)/t22-/m0/s1. The van der Waals surface area contributed by atoms with Gasteiger partial charge in [-0.2, -0.15) is 5.10 Å². The molecule has 0 saturated carbocycles. The number of aryl methyl sites for hydroxylation is 1. The molecule has 5 aromatic rings. The predicted molar refractivity (Wildman–Crippen MR) is 149 cm³/mol. The lowest BCUT2D eigenvalue weighted by Crippen LogP contribution is -2.31. The Morgan fingerprint density at radius 1 is 1.03 bits per heavy atom.